The van der Waals surface area contributed by atoms with Gasteiger partial charge in [0.25, 0.3) is 0 Å². The molecule has 0 spiro atoms. The topological polar surface area (TPSA) is 0 Å². The van der Waals surface area contributed by atoms with E-state index in [1.807, 2.05) is 0 Å². The van der Waals surface area contributed by atoms with Crippen molar-refractivity contribution in [2.24, 2.45) is 5.92 Å². The summed E-state index contributed by atoms with van der Waals surface area (Å²) in [5, 5.41) is 0. The summed E-state index contributed by atoms with van der Waals surface area (Å²) in [4.78, 5) is 0. The van der Waals surface area contributed by atoms with Crippen LogP contribution >= 0.6 is 0 Å². The van der Waals surface area contributed by atoms with Crippen molar-refractivity contribution in [3.63, 3.8) is 0 Å². The van der Waals surface area contributed by atoms with Crippen molar-refractivity contribution in [3.8, 4) is 11.1 Å². The van der Waals surface area contributed by atoms with E-state index in [4.69, 9.17) is 0 Å². The van der Waals surface area contributed by atoms with Gasteiger partial charge in [-0.25, -0.2) is 4.39 Å². The lowest BCUT2D eigenvalue weighted by atomic mass is 9.78. The monoisotopic (exact) mass is 308 g/mol. The van der Waals surface area contributed by atoms with Crippen LogP contribution in [0.25, 0.3) is 11.1 Å². The lowest BCUT2D eigenvalue weighted by Gasteiger charge is -2.27. The molecule has 0 amide bonds. The molecule has 1 fully saturated rings. The van der Waals surface area contributed by atoms with Crippen LogP contribution < -0.4 is 0 Å². The summed E-state index contributed by atoms with van der Waals surface area (Å²) < 4.78 is 12.3. The number of benzene rings is 2. The fourth-order valence-corrected chi connectivity index (χ4v) is 3.63. The molecular formula is C22H25F. The van der Waals surface area contributed by atoms with Crippen molar-refractivity contribution < 1.29 is 4.39 Å². The molecule has 0 atom stereocenters. The Morgan fingerprint density at radius 2 is 1.43 bits per heavy atom. The van der Waals surface area contributed by atoms with Crippen LogP contribution in [0, 0.1) is 5.92 Å². The Morgan fingerprint density at radius 3 is 1.96 bits per heavy atom. The third-order valence-electron chi connectivity index (χ3n) is 5.19. The van der Waals surface area contributed by atoms with Crippen LogP contribution in [0.1, 0.15) is 49.7 Å². The van der Waals surface area contributed by atoms with E-state index in [9.17, 15) is 4.39 Å². The van der Waals surface area contributed by atoms with Gasteiger partial charge in [0.2, 0.25) is 0 Å². The zero-order valence-electron chi connectivity index (χ0n) is 13.8. The summed E-state index contributed by atoms with van der Waals surface area (Å²) >= 11 is 0. The molecule has 0 radical (unpaired) electrons. The second-order valence-corrected chi connectivity index (χ2v) is 6.60. The zero-order valence-corrected chi connectivity index (χ0v) is 13.8. The third kappa shape index (κ3) is 3.90. The van der Waals surface area contributed by atoms with Crippen molar-refractivity contribution >= 4 is 0 Å². The molecule has 2 aromatic rings. The summed E-state index contributed by atoms with van der Waals surface area (Å²) in [7, 11) is 0. The summed E-state index contributed by atoms with van der Waals surface area (Å²) in [6.07, 6.45) is 8.05. The van der Waals surface area contributed by atoms with Gasteiger partial charge in [0.1, 0.15) is 0 Å². The van der Waals surface area contributed by atoms with Crippen LogP contribution in [-0.4, -0.2) is 0 Å². The number of hydrogen-bond donors (Lipinski definition) is 0. The predicted octanol–water partition coefficient (Wildman–Crippen LogP) is 6.67. The highest BCUT2D eigenvalue weighted by atomic mass is 19.1. The van der Waals surface area contributed by atoms with E-state index in [1.165, 1.54) is 35.1 Å². The zero-order chi connectivity index (χ0) is 16.1. The van der Waals surface area contributed by atoms with Gasteiger partial charge in [-0.1, -0.05) is 61.5 Å². The molecule has 0 saturated heterocycles. The summed E-state index contributed by atoms with van der Waals surface area (Å²) in [6, 6.07) is 17.9. The number of aryl methyl sites for hydroxylation is 1. The van der Waals surface area contributed by atoms with Gasteiger partial charge in [0.15, 0.2) is 0 Å². The molecule has 0 heterocycles. The van der Waals surface area contributed by atoms with E-state index in [0.29, 0.717) is 18.2 Å². The number of hydrogen-bond acceptors (Lipinski definition) is 0. The minimum atomic E-state index is 0.438. The van der Waals surface area contributed by atoms with Gasteiger partial charge in [-0.3, -0.25) is 0 Å². The molecule has 23 heavy (non-hydrogen) atoms. The molecule has 0 aromatic heterocycles. The largest absolute Gasteiger partial charge is 0.216 e. The number of rotatable bonds is 4. The Balaban J connectivity index is 1.67. The Morgan fingerprint density at radius 1 is 0.870 bits per heavy atom. The maximum atomic E-state index is 12.3. The average Bonchev–Trinajstić information content (AvgIpc) is 2.63. The Bertz CT molecular complexity index is 629. The SMILES string of the molecule is CCc1ccc(-c2ccc([C@H]3CC[C@H](C=CF)CC3)cc2)cc1. The highest BCUT2D eigenvalue weighted by molar-refractivity contribution is 5.64. The van der Waals surface area contributed by atoms with Crippen molar-refractivity contribution in [2.45, 2.75) is 44.9 Å². The standard InChI is InChI=1S/C22H25F/c1-2-17-3-7-19(8-4-17)21-11-13-22(14-12-21)20-9-5-18(6-10-20)15-16-23/h3-4,7-8,11-16,18,20H,2,5-6,9-10H2,1H3/t18-,20-. The second-order valence-electron chi connectivity index (χ2n) is 6.60. The molecule has 1 aliphatic carbocycles. The molecule has 1 aliphatic rings. The molecule has 3 rings (SSSR count). The molecule has 0 N–H and O–H groups in total. The maximum absolute atomic E-state index is 12.3. The molecule has 0 unspecified atom stereocenters. The van der Waals surface area contributed by atoms with Crippen molar-refractivity contribution in [1.82, 2.24) is 0 Å². The first-order valence-corrected chi connectivity index (χ1v) is 8.76. The second kappa shape index (κ2) is 7.59. The maximum Gasteiger partial charge on any atom is 0.0829 e. The van der Waals surface area contributed by atoms with E-state index >= 15 is 0 Å². The Hall–Kier alpha value is -1.89. The summed E-state index contributed by atoms with van der Waals surface area (Å²) in [5.41, 5.74) is 5.38. The highest BCUT2D eigenvalue weighted by Crippen LogP contribution is 2.36. The first-order valence-electron chi connectivity index (χ1n) is 8.76. The minimum Gasteiger partial charge on any atom is -0.216 e. The molecule has 1 saturated carbocycles. The van der Waals surface area contributed by atoms with Crippen molar-refractivity contribution in [3.05, 3.63) is 72.1 Å². The van der Waals surface area contributed by atoms with E-state index in [2.05, 4.69) is 55.5 Å². The first kappa shape index (κ1) is 16.0. The molecule has 120 valence electrons. The fourth-order valence-electron chi connectivity index (χ4n) is 3.63. The molecule has 0 bridgehead atoms. The lowest BCUT2D eigenvalue weighted by Crippen LogP contribution is -2.11. The van der Waals surface area contributed by atoms with Gasteiger partial charge < -0.3 is 0 Å². The average molecular weight is 308 g/mol. The number of allylic oxidation sites excluding steroid dienone is 1. The highest BCUT2D eigenvalue weighted by Gasteiger charge is 2.20. The van der Waals surface area contributed by atoms with Crippen LogP contribution in [0.5, 0.6) is 0 Å². The molecular weight excluding hydrogens is 283 g/mol. The van der Waals surface area contributed by atoms with Crippen molar-refractivity contribution in [1.29, 1.82) is 0 Å². The van der Waals surface area contributed by atoms with Gasteiger partial charge in [0, 0.05) is 0 Å². The molecule has 0 aliphatic heterocycles. The summed E-state index contributed by atoms with van der Waals surface area (Å²) in [5.74, 6) is 1.07. The number of halogens is 1. The van der Waals surface area contributed by atoms with Crippen LogP contribution in [-0.2, 0) is 6.42 Å². The normalized spacial score (nSPS) is 21.7. The van der Waals surface area contributed by atoms with Gasteiger partial charge in [-0.15, -0.1) is 0 Å². The first-order chi connectivity index (χ1) is 11.3. The Kier molecular flexibility index (Phi) is 5.27. The van der Waals surface area contributed by atoms with Crippen LogP contribution in [0.15, 0.2) is 60.9 Å². The summed E-state index contributed by atoms with van der Waals surface area (Å²) in [6.45, 7) is 2.18. The van der Waals surface area contributed by atoms with Gasteiger partial charge in [-0.05, 0) is 66.2 Å². The lowest BCUT2D eigenvalue weighted by molar-refractivity contribution is 0.373. The van der Waals surface area contributed by atoms with Gasteiger partial charge in [0.05, 0.1) is 6.33 Å². The van der Waals surface area contributed by atoms with E-state index < -0.39 is 0 Å². The molecule has 1 heteroatoms. The third-order valence-corrected chi connectivity index (χ3v) is 5.19. The van der Waals surface area contributed by atoms with E-state index in [0.717, 1.165) is 19.3 Å². The van der Waals surface area contributed by atoms with E-state index in [1.54, 1.807) is 6.08 Å². The van der Waals surface area contributed by atoms with Crippen molar-refractivity contribution in [2.75, 3.05) is 0 Å². The molecule has 2 aromatic carbocycles. The quantitative estimate of drug-likeness (QED) is 0.591. The van der Waals surface area contributed by atoms with Gasteiger partial charge in [-0.2, -0.15) is 0 Å². The predicted molar refractivity (Wildman–Crippen MR) is 96.2 cm³/mol. The Labute approximate surface area is 139 Å². The van der Waals surface area contributed by atoms with Crippen LogP contribution in [0.3, 0.4) is 0 Å². The van der Waals surface area contributed by atoms with Crippen LogP contribution in [0.2, 0.25) is 0 Å². The smallest absolute Gasteiger partial charge is 0.0829 e. The van der Waals surface area contributed by atoms with E-state index in [-0.39, 0.29) is 0 Å². The fraction of sp³-hybridized carbons (Fsp3) is 0.364. The van der Waals surface area contributed by atoms with Gasteiger partial charge >= 0.3 is 0 Å². The van der Waals surface area contributed by atoms with Crippen LogP contribution in [0.4, 0.5) is 4.39 Å². The molecule has 0 nitrogen and oxygen atoms in total. The minimum absolute atomic E-state index is 0.438.